The Morgan fingerprint density at radius 3 is 2.83 bits per heavy atom. The lowest BCUT2D eigenvalue weighted by molar-refractivity contribution is -0.113. The monoisotopic (exact) mass is 393 g/mol. The van der Waals surface area contributed by atoms with Crippen molar-refractivity contribution in [1.29, 1.82) is 0 Å². The summed E-state index contributed by atoms with van der Waals surface area (Å²) in [7, 11) is 3.15. The van der Waals surface area contributed by atoms with Gasteiger partial charge in [0.15, 0.2) is 0 Å². The van der Waals surface area contributed by atoms with E-state index in [1.165, 1.54) is 0 Å². The number of allylic oxidation sites excluding steroid dienone is 1. The maximum absolute atomic E-state index is 13.3. The Morgan fingerprint density at radius 1 is 1.24 bits per heavy atom. The molecule has 2 N–H and O–H groups in total. The van der Waals surface area contributed by atoms with Gasteiger partial charge in [0, 0.05) is 17.5 Å². The SMILES string of the molecule is COc1ccc(OC)c(C2C(C(=O)Nc3cccnc3)=C(C)Nc3nnnn32)c1. The van der Waals surface area contributed by atoms with E-state index in [9.17, 15) is 4.79 Å². The molecule has 1 aliphatic rings. The predicted octanol–water partition coefficient (Wildman–Crippen LogP) is 2.01. The first kappa shape index (κ1) is 18.4. The van der Waals surface area contributed by atoms with Crippen molar-refractivity contribution in [3.63, 3.8) is 0 Å². The highest BCUT2D eigenvalue weighted by atomic mass is 16.5. The van der Waals surface area contributed by atoms with Crippen molar-refractivity contribution in [2.75, 3.05) is 24.9 Å². The van der Waals surface area contributed by atoms with Crippen LogP contribution >= 0.6 is 0 Å². The number of nitrogens with one attached hydrogen (secondary N) is 2. The maximum atomic E-state index is 13.3. The molecule has 2 aromatic heterocycles. The van der Waals surface area contributed by atoms with Crippen LogP contribution < -0.4 is 20.1 Å². The van der Waals surface area contributed by atoms with Gasteiger partial charge in [-0.15, -0.1) is 0 Å². The summed E-state index contributed by atoms with van der Waals surface area (Å²) in [6.45, 7) is 1.80. The van der Waals surface area contributed by atoms with Gasteiger partial charge in [0.25, 0.3) is 5.91 Å². The van der Waals surface area contributed by atoms with Crippen LogP contribution in [0.1, 0.15) is 18.5 Å². The predicted molar refractivity (Wildman–Crippen MR) is 105 cm³/mol. The highest BCUT2D eigenvalue weighted by molar-refractivity contribution is 6.06. The molecule has 148 valence electrons. The van der Waals surface area contributed by atoms with Crippen LogP contribution in [0.5, 0.6) is 11.5 Å². The molecule has 29 heavy (non-hydrogen) atoms. The van der Waals surface area contributed by atoms with E-state index in [4.69, 9.17) is 9.47 Å². The molecule has 1 unspecified atom stereocenters. The van der Waals surface area contributed by atoms with Gasteiger partial charge in [-0.25, -0.2) is 0 Å². The number of tetrazole rings is 1. The molecular weight excluding hydrogens is 374 g/mol. The van der Waals surface area contributed by atoms with Gasteiger partial charge in [0.05, 0.1) is 31.7 Å². The third-order valence-corrected chi connectivity index (χ3v) is 4.61. The lowest BCUT2D eigenvalue weighted by Gasteiger charge is -2.29. The Labute approximate surface area is 166 Å². The number of hydrogen-bond donors (Lipinski definition) is 2. The van der Waals surface area contributed by atoms with Gasteiger partial charge >= 0.3 is 0 Å². The second kappa shape index (κ2) is 7.58. The second-order valence-corrected chi connectivity index (χ2v) is 6.32. The van der Waals surface area contributed by atoms with Crippen molar-refractivity contribution in [2.24, 2.45) is 0 Å². The van der Waals surface area contributed by atoms with E-state index in [1.54, 1.807) is 62.5 Å². The van der Waals surface area contributed by atoms with Crippen LogP contribution in [-0.4, -0.2) is 45.3 Å². The van der Waals surface area contributed by atoms with Crippen molar-refractivity contribution in [3.05, 3.63) is 59.6 Å². The van der Waals surface area contributed by atoms with Gasteiger partial charge in [-0.05, 0) is 47.7 Å². The zero-order valence-corrected chi connectivity index (χ0v) is 16.1. The maximum Gasteiger partial charge on any atom is 0.255 e. The molecule has 1 amide bonds. The molecule has 0 bridgehead atoms. The number of nitrogens with zero attached hydrogens (tertiary/aromatic N) is 5. The normalized spacial score (nSPS) is 15.3. The first-order valence-electron chi connectivity index (χ1n) is 8.81. The van der Waals surface area contributed by atoms with E-state index in [0.717, 1.165) is 0 Å². The molecule has 1 aliphatic heterocycles. The number of aromatic nitrogens is 5. The summed E-state index contributed by atoms with van der Waals surface area (Å²) < 4.78 is 12.5. The number of carbonyl (C=O) groups excluding carboxylic acids is 1. The highest BCUT2D eigenvalue weighted by Gasteiger charge is 2.36. The van der Waals surface area contributed by atoms with Crippen molar-refractivity contribution >= 4 is 17.5 Å². The number of anilines is 2. The average molecular weight is 393 g/mol. The first-order valence-corrected chi connectivity index (χ1v) is 8.81. The van der Waals surface area contributed by atoms with Crippen molar-refractivity contribution in [3.8, 4) is 11.5 Å². The third kappa shape index (κ3) is 3.35. The summed E-state index contributed by atoms with van der Waals surface area (Å²) >= 11 is 0. The van der Waals surface area contributed by atoms with Gasteiger partial charge in [-0.3, -0.25) is 9.78 Å². The molecule has 0 fully saturated rings. The van der Waals surface area contributed by atoms with Crippen LogP contribution in [0.15, 0.2) is 54.0 Å². The first-order chi connectivity index (χ1) is 14.1. The van der Waals surface area contributed by atoms with Crippen molar-refractivity contribution in [2.45, 2.75) is 13.0 Å². The quantitative estimate of drug-likeness (QED) is 0.676. The van der Waals surface area contributed by atoms with E-state index in [2.05, 4.69) is 31.1 Å². The molecule has 10 nitrogen and oxygen atoms in total. The third-order valence-electron chi connectivity index (χ3n) is 4.61. The van der Waals surface area contributed by atoms with Gasteiger partial charge in [-0.1, -0.05) is 5.10 Å². The molecule has 0 spiro atoms. The molecule has 3 heterocycles. The molecule has 3 aromatic rings. The number of amides is 1. The number of ether oxygens (including phenoxy) is 2. The Hall–Kier alpha value is -3.95. The molecular formula is C19H19N7O3. The van der Waals surface area contributed by atoms with Gasteiger partial charge < -0.3 is 20.1 Å². The van der Waals surface area contributed by atoms with E-state index in [1.807, 2.05) is 6.07 Å². The van der Waals surface area contributed by atoms with E-state index in [0.29, 0.717) is 40.0 Å². The molecule has 10 heteroatoms. The van der Waals surface area contributed by atoms with Crippen LogP contribution in [-0.2, 0) is 4.79 Å². The summed E-state index contributed by atoms with van der Waals surface area (Å²) in [6, 6.07) is 8.27. The Bertz CT molecular complexity index is 1080. The smallest absolute Gasteiger partial charge is 0.255 e. The standard InChI is InChI=1S/C19H19N7O3/c1-11-16(18(27)22-12-5-4-8-20-10-12)17(26-19(21-11)23-24-25-26)14-9-13(28-2)6-7-15(14)29-3/h4-10,17H,1-3H3,(H,22,27)(H,21,23,25). The van der Waals surface area contributed by atoms with E-state index < -0.39 is 6.04 Å². The lowest BCUT2D eigenvalue weighted by Crippen LogP contribution is -2.31. The van der Waals surface area contributed by atoms with Crippen LogP contribution in [0, 0.1) is 0 Å². The van der Waals surface area contributed by atoms with Crippen LogP contribution in [0.3, 0.4) is 0 Å². The number of fused-ring (bicyclic) bond motifs is 1. The Balaban J connectivity index is 1.84. The number of pyridine rings is 1. The Kier molecular flexibility index (Phi) is 4.82. The van der Waals surface area contributed by atoms with Gasteiger partial charge in [-0.2, -0.15) is 4.68 Å². The minimum absolute atomic E-state index is 0.306. The minimum atomic E-state index is -0.622. The molecule has 0 saturated carbocycles. The number of rotatable bonds is 5. The molecule has 1 atom stereocenters. The molecule has 1 aromatic carbocycles. The van der Waals surface area contributed by atoms with Crippen LogP contribution in [0.2, 0.25) is 0 Å². The van der Waals surface area contributed by atoms with Crippen LogP contribution in [0.4, 0.5) is 11.6 Å². The summed E-state index contributed by atoms with van der Waals surface area (Å²) in [5, 5.41) is 17.8. The number of benzene rings is 1. The van der Waals surface area contributed by atoms with Crippen molar-refractivity contribution in [1.82, 2.24) is 25.2 Å². The number of methoxy groups -OCH3 is 2. The summed E-state index contributed by atoms with van der Waals surface area (Å²) in [4.78, 5) is 17.3. The van der Waals surface area contributed by atoms with Gasteiger partial charge in [0.1, 0.15) is 17.5 Å². The number of hydrogen-bond acceptors (Lipinski definition) is 8. The fraction of sp³-hybridized carbons (Fsp3) is 0.211. The summed E-state index contributed by atoms with van der Waals surface area (Å²) in [5.41, 5.74) is 2.35. The molecule has 0 saturated heterocycles. The zero-order valence-electron chi connectivity index (χ0n) is 16.1. The fourth-order valence-electron chi connectivity index (χ4n) is 3.28. The van der Waals surface area contributed by atoms with Crippen molar-refractivity contribution < 1.29 is 14.3 Å². The lowest BCUT2D eigenvalue weighted by atomic mass is 9.94. The summed E-state index contributed by atoms with van der Waals surface area (Å²) in [5.74, 6) is 1.33. The highest BCUT2D eigenvalue weighted by Crippen LogP contribution is 2.40. The summed E-state index contributed by atoms with van der Waals surface area (Å²) in [6.07, 6.45) is 3.22. The fourth-order valence-corrected chi connectivity index (χ4v) is 3.28. The molecule has 0 aliphatic carbocycles. The van der Waals surface area contributed by atoms with Crippen LogP contribution in [0.25, 0.3) is 0 Å². The molecule has 0 radical (unpaired) electrons. The van der Waals surface area contributed by atoms with E-state index >= 15 is 0 Å². The number of carbonyl (C=O) groups is 1. The topological polar surface area (TPSA) is 116 Å². The second-order valence-electron chi connectivity index (χ2n) is 6.32. The largest absolute Gasteiger partial charge is 0.497 e. The van der Waals surface area contributed by atoms with E-state index in [-0.39, 0.29) is 5.91 Å². The van der Waals surface area contributed by atoms with Gasteiger partial charge in [0.2, 0.25) is 5.95 Å². The average Bonchev–Trinajstić information content (AvgIpc) is 3.20. The Morgan fingerprint density at radius 2 is 2.10 bits per heavy atom. The zero-order chi connectivity index (χ0) is 20.4. The molecule has 4 rings (SSSR count). The minimum Gasteiger partial charge on any atom is -0.497 e.